The third-order valence-electron chi connectivity index (χ3n) is 5.88. The third kappa shape index (κ3) is 4.90. The van der Waals surface area contributed by atoms with Crippen LogP contribution >= 0.6 is 11.3 Å². The van der Waals surface area contributed by atoms with Gasteiger partial charge in [-0.25, -0.2) is 0 Å². The lowest BCUT2D eigenvalue weighted by Gasteiger charge is -2.24. The number of anilines is 1. The second kappa shape index (κ2) is 10.4. The van der Waals surface area contributed by atoms with Crippen molar-refractivity contribution in [3.8, 4) is 5.75 Å². The lowest BCUT2D eigenvalue weighted by Crippen LogP contribution is -2.29. The van der Waals surface area contributed by atoms with Gasteiger partial charge in [0.1, 0.15) is 17.6 Å². The molecule has 4 rings (SSSR count). The molecule has 36 heavy (non-hydrogen) atoms. The molecule has 1 fully saturated rings. The Hall–Kier alpha value is -3.91. The molecule has 1 atom stereocenters. The number of benzene rings is 2. The predicted octanol–water partition coefficient (Wildman–Crippen LogP) is 5.19. The van der Waals surface area contributed by atoms with Gasteiger partial charge < -0.3 is 14.6 Å². The molecular formula is C28H27NO6S. The highest BCUT2D eigenvalue weighted by Gasteiger charge is 2.47. The van der Waals surface area contributed by atoms with Crippen LogP contribution in [0.5, 0.6) is 5.75 Å². The summed E-state index contributed by atoms with van der Waals surface area (Å²) in [6, 6.07) is 14.9. The fourth-order valence-electron chi connectivity index (χ4n) is 4.23. The van der Waals surface area contributed by atoms with Crippen LogP contribution in [0.15, 0.2) is 65.6 Å². The van der Waals surface area contributed by atoms with Crippen LogP contribution in [0.1, 0.15) is 41.5 Å². The summed E-state index contributed by atoms with van der Waals surface area (Å²) in [5.41, 5.74) is 2.40. The molecule has 1 aliphatic rings. The van der Waals surface area contributed by atoms with Gasteiger partial charge in [0.05, 0.1) is 25.2 Å². The van der Waals surface area contributed by atoms with Crippen LogP contribution in [-0.2, 0) is 25.5 Å². The van der Waals surface area contributed by atoms with E-state index in [0.29, 0.717) is 22.6 Å². The molecule has 3 aromatic rings. The number of ketones is 1. The minimum atomic E-state index is -0.789. The number of aliphatic hydroxyl groups excluding tert-OH is 1. The second-order valence-electron chi connectivity index (χ2n) is 8.75. The predicted molar refractivity (Wildman–Crippen MR) is 138 cm³/mol. The Balaban J connectivity index is 1.75. The van der Waals surface area contributed by atoms with Crippen LogP contribution < -0.4 is 9.64 Å². The van der Waals surface area contributed by atoms with Crippen molar-refractivity contribution in [3.05, 3.63) is 87.1 Å². The van der Waals surface area contributed by atoms with Crippen LogP contribution in [-0.4, -0.2) is 36.0 Å². The first kappa shape index (κ1) is 25.2. The zero-order valence-corrected chi connectivity index (χ0v) is 21.3. The Morgan fingerprint density at radius 2 is 1.83 bits per heavy atom. The number of aliphatic hydroxyl groups is 1. The second-order valence-corrected chi connectivity index (χ2v) is 9.73. The molecule has 0 radical (unpaired) electrons. The number of carbonyl (C=O) groups excluding carboxylic acids is 3. The smallest absolute Gasteiger partial charge is 0.310 e. The summed E-state index contributed by atoms with van der Waals surface area (Å²) in [6.45, 7) is 5.38. The van der Waals surface area contributed by atoms with E-state index in [1.54, 1.807) is 70.3 Å². The van der Waals surface area contributed by atoms with E-state index in [2.05, 4.69) is 0 Å². The maximum absolute atomic E-state index is 13.3. The number of nitrogens with zero attached hydrogens (tertiary/aromatic N) is 1. The molecule has 2 heterocycles. The van der Waals surface area contributed by atoms with Crippen LogP contribution in [0.2, 0.25) is 0 Å². The van der Waals surface area contributed by atoms with Crippen molar-refractivity contribution in [1.82, 2.24) is 0 Å². The Morgan fingerprint density at radius 1 is 1.11 bits per heavy atom. The maximum Gasteiger partial charge on any atom is 0.310 e. The topological polar surface area (TPSA) is 93.1 Å². The Labute approximate surface area is 213 Å². The average molecular weight is 506 g/mol. The van der Waals surface area contributed by atoms with E-state index in [0.717, 1.165) is 10.4 Å². The van der Waals surface area contributed by atoms with Crippen molar-refractivity contribution in [2.24, 2.45) is 0 Å². The molecule has 1 N–H and O–H groups in total. The number of methoxy groups -OCH3 is 1. The Kier molecular flexibility index (Phi) is 7.26. The summed E-state index contributed by atoms with van der Waals surface area (Å²) in [5, 5.41) is 13.2. The summed E-state index contributed by atoms with van der Waals surface area (Å²) in [6.07, 6.45) is -0.105. The first-order valence-electron chi connectivity index (χ1n) is 11.5. The zero-order valence-electron chi connectivity index (χ0n) is 20.5. The Bertz CT molecular complexity index is 1320. The van der Waals surface area contributed by atoms with Crippen molar-refractivity contribution in [2.45, 2.75) is 39.3 Å². The van der Waals surface area contributed by atoms with Crippen molar-refractivity contribution in [2.75, 3.05) is 12.0 Å². The molecule has 1 aromatic heterocycles. The van der Waals surface area contributed by atoms with Crippen molar-refractivity contribution < 1.29 is 29.0 Å². The minimum absolute atomic E-state index is 0.0281. The molecule has 1 aliphatic heterocycles. The van der Waals surface area contributed by atoms with E-state index >= 15 is 0 Å². The third-order valence-corrected chi connectivity index (χ3v) is 6.80. The number of aryl methyl sites for hydroxylation is 1. The van der Waals surface area contributed by atoms with Gasteiger partial charge >= 0.3 is 5.97 Å². The highest BCUT2D eigenvalue weighted by Crippen LogP contribution is 2.44. The van der Waals surface area contributed by atoms with Gasteiger partial charge in [-0.15, -0.1) is 11.3 Å². The summed E-state index contributed by atoms with van der Waals surface area (Å²) < 4.78 is 10.4. The van der Waals surface area contributed by atoms with Gasteiger partial charge in [-0.1, -0.05) is 18.2 Å². The molecule has 0 saturated carbocycles. The van der Waals surface area contributed by atoms with Crippen molar-refractivity contribution >= 4 is 40.4 Å². The first-order valence-corrected chi connectivity index (χ1v) is 12.4. The van der Waals surface area contributed by atoms with Gasteiger partial charge in [-0.2, -0.15) is 0 Å². The molecule has 8 heteroatoms. The molecule has 1 amide bonds. The fraction of sp³-hybridized carbons (Fsp3) is 0.250. The highest BCUT2D eigenvalue weighted by atomic mass is 32.1. The molecule has 7 nitrogen and oxygen atoms in total. The summed E-state index contributed by atoms with van der Waals surface area (Å²) >= 11 is 1.39. The number of carbonyl (C=O) groups is 3. The van der Waals surface area contributed by atoms with Crippen molar-refractivity contribution in [3.63, 3.8) is 0 Å². The Morgan fingerprint density at radius 3 is 2.42 bits per heavy atom. The number of rotatable bonds is 7. The van der Waals surface area contributed by atoms with E-state index in [9.17, 15) is 19.5 Å². The number of amides is 1. The van der Waals surface area contributed by atoms with Gasteiger partial charge in [-0.05, 0) is 73.7 Å². The number of ether oxygens (including phenoxy) is 2. The first-order chi connectivity index (χ1) is 17.2. The summed E-state index contributed by atoms with van der Waals surface area (Å²) in [4.78, 5) is 40.7. The maximum atomic E-state index is 13.3. The number of thiophene rings is 1. The summed E-state index contributed by atoms with van der Waals surface area (Å²) in [7, 11) is 1.55. The molecule has 1 saturated heterocycles. The van der Waals surface area contributed by atoms with Crippen molar-refractivity contribution in [1.29, 1.82) is 0 Å². The molecule has 0 bridgehead atoms. The molecular weight excluding hydrogens is 478 g/mol. The zero-order chi connectivity index (χ0) is 26.0. The van der Waals surface area contributed by atoms with E-state index < -0.39 is 17.7 Å². The van der Waals surface area contributed by atoms with Crippen LogP contribution in [0.25, 0.3) is 5.76 Å². The summed E-state index contributed by atoms with van der Waals surface area (Å²) in [5.74, 6) is -1.44. The highest BCUT2D eigenvalue weighted by molar-refractivity contribution is 7.10. The number of Topliss-reactive ketones (excluding diaryl/α,β-unsaturated/α-hetero) is 1. The molecule has 0 spiro atoms. The molecule has 186 valence electrons. The molecule has 0 aliphatic carbocycles. The fourth-order valence-corrected chi connectivity index (χ4v) is 5.06. The SMILES string of the molecule is COc1ccc(/C(O)=C2/C(=O)C(=O)N(c3ccc(CC(=O)OC(C)C)cc3)C2c2cccs2)c(C)c1. The lowest BCUT2D eigenvalue weighted by atomic mass is 9.97. The van der Waals surface area contributed by atoms with Gasteiger partial charge in [0.25, 0.3) is 11.7 Å². The van der Waals surface area contributed by atoms with E-state index in [1.807, 2.05) is 17.5 Å². The van der Waals surface area contributed by atoms with Gasteiger partial charge in [0, 0.05) is 16.1 Å². The van der Waals surface area contributed by atoms with E-state index in [-0.39, 0.29) is 29.8 Å². The molecule has 2 aromatic carbocycles. The normalized spacial score (nSPS) is 17.0. The number of esters is 1. The van der Waals surface area contributed by atoms with Gasteiger partial charge in [0.2, 0.25) is 0 Å². The average Bonchev–Trinajstić information content (AvgIpc) is 3.45. The largest absolute Gasteiger partial charge is 0.507 e. The molecule has 1 unspecified atom stereocenters. The standard InChI is InChI=1S/C28H27NO6S/c1-16(2)35-23(30)15-18-7-9-19(10-8-18)29-25(22-6-5-13-36-22)24(27(32)28(29)33)26(31)21-12-11-20(34-4)14-17(21)3/h5-14,16,25,31H,15H2,1-4H3/b26-24-. The van der Waals surface area contributed by atoms with Crippen LogP contribution in [0, 0.1) is 6.92 Å². The van der Waals surface area contributed by atoms with Gasteiger partial charge in [0.15, 0.2) is 0 Å². The lowest BCUT2D eigenvalue weighted by molar-refractivity contribution is -0.146. The quantitative estimate of drug-likeness (QED) is 0.206. The number of hydrogen-bond donors (Lipinski definition) is 1. The van der Waals surface area contributed by atoms with Crippen LogP contribution in [0.3, 0.4) is 0 Å². The van der Waals surface area contributed by atoms with E-state index in [1.165, 1.54) is 16.2 Å². The number of hydrogen-bond acceptors (Lipinski definition) is 7. The monoisotopic (exact) mass is 505 g/mol. The van der Waals surface area contributed by atoms with E-state index in [4.69, 9.17) is 9.47 Å². The minimum Gasteiger partial charge on any atom is -0.507 e. The van der Waals surface area contributed by atoms with Gasteiger partial charge in [-0.3, -0.25) is 19.3 Å². The van der Waals surface area contributed by atoms with Crippen LogP contribution in [0.4, 0.5) is 5.69 Å².